The van der Waals surface area contributed by atoms with Crippen molar-refractivity contribution in [3.63, 3.8) is 0 Å². The maximum absolute atomic E-state index is 12.2. The molecule has 3 rings (SSSR count). The number of nitrogens with zero attached hydrogens (tertiary/aromatic N) is 1. The Balaban J connectivity index is 1.57. The predicted molar refractivity (Wildman–Crippen MR) is 121 cm³/mol. The summed E-state index contributed by atoms with van der Waals surface area (Å²) in [5.74, 6) is -0.488. The van der Waals surface area contributed by atoms with Gasteiger partial charge in [0.05, 0.1) is 20.5 Å². The predicted octanol–water partition coefficient (Wildman–Crippen LogP) is 4.77. The fraction of sp³-hybridized carbons (Fsp3) is 0.476. The molecule has 7 nitrogen and oxygen atoms in total. The molecule has 0 bridgehead atoms. The van der Waals surface area contributed by atoms with Crippen LogP contribution in [-0.2, 0) is 24.2 Å². The smallest absolute Gasteiger partial charge is 0.306 e. The number of aromatic nitrogens is 1. The van der Waals surface area contributed by atoms with E-state index in [2.05, 4.69) is 10.3 Å². The molecular formula is C21H25ClN2O5S2. The largest absolute Gasteiger partial charge is 0.462 e. The molecule has 31 heavy (non-hydrogen) atoms. The maximum atomic E-state index is 12.2. The van der Waals surface area contributed by atoms with E-state index in [4.69, 9.17) is 16.3 Å². The van der Waals surface area contributed by atoms with Crippen LogP contribution in [-0.4, -0.2) is 37.6 Å². The van der Waals surface area contributed by atoms with E-state index in [9.17, 15) is 18.0 Å². The molecular weight excluding hydrogens is 460 g/mol. The van der Waals surface area contributed by atoms with Crippen molar-refractivity contribution in [2.75, 3.05) is 11.6 Å². The third kappa shape index (κ3) is 6.51. The third-order valence-electron chi connectivity index (χ3n) is 5.02. The van der Waals surface area contributed by atoms with Crippen LogP contribution >= 0.6 is 22.9 Å². The first-order valence-corrected chi connectivity index (χ1v) is 13.2. The van der Waals surface area contributed by atoms with Gasteiger partial charge in [0.2, 0.25) is 5.91 Å². The summed E-state index contributed by atoms with van der Waals surface area (Å²) >= 11 is 7.27. The normalized spacial score (nSPS) is 14.5. The van der Waals surface area contributed by atoms with Gasteiger partial charge < -0.3 is 10.1 Å². The van der Waals surface area contributed by atoms with Crippen molar-refractivity contribution in [1.82, 2.24) is 4.98 Å². The fourth-order valence-corrected chi connectivity index (χ4v) is 5.75. The molecule has 2 aromatic rings. The second-order valence-corrected chi connectivity index (χ2v) is 11.0. The molecule has 1 aliphatic carbocycles. The van der Waals surface area contributed by atoms with Crippen LogP contribution < -0.4 is 5.32 Å². The second-order valence-electron chi connectivity index (χ2n) is 7.65. The minimum absolute atomic E-state index is 0.0362. The summed E-state index contributed by atoms with van der Waals surface area (Å²) in [6.45, 7) is 1.79. The molecule has 168 valence electrons. The Morgan fingerprint density at radius 3 is 2.65 bits per heavy atom. The van der Waals surface area contributed by atoms with Crippen LogP contribution in [0.15, 0.2) is 23.1 Å². The number of benzene rings is 1. The number of aryl methyl sites for hydroxylation is 1. The second kappa shape index (κ2) is 10.1. The molecule has 1 fully saturated rings. The van der Waals surface area contributed by atoms with E-state index >= 15 is 0 Å². The molecule has 1 heterocycles. The van der Waals surface area contributed by atoms with E-state index in [1.807, 2.05) is 0 Å². The van der Waals surface area contributed by atoms with Gasteiger partial charge in [-0.3, -0.25) is 9.59 Å². The first-order chi connectivity index (χ1) is 14.6. The van der Waals surface area contributed by atoms with Crippen molar-refractivity contribution in [1.29, 1.82) is 0 Å². The lowest BCUT2D eigenvalue weighted by atomic mass is 10.2. The van der Waals surface area contributed by atoms with E-state index in [1.54, 1.807) is 13.0 Å². The minimum Gasteiger partial charge on any atom is -0.462 e. The summed E-state index contributed by atoms with van der Waals surface area (Å²) in [5.41, 5.74) is 1.33. The highest BCUT2D eigenvalue weighted by molar-refractivity contribution is 7.90. The molecule has 0 saturated heterocycles. The summed E-state index contributed by atoms with van der Waals surface area (Å²) < 4.78 is 29.3. The maximum Gasteiger partial charge on any atom is 0.306 e. The summed E-state index contributed by atoms with van der Waals surface area (Å²) in [5, 5.41) is 3.33. The average Bonchev–Trinajstić information content (AvgIpc) is 3.30. The third-order valence-corrected chi connectivity index (χ3v) is 7.72. The van der Waals surface area contributed by atoms with Crippen molar-refractivity contribution in [2.24, 2.45) is 0 Å². The van der Waals surface area contributed by atoms with Gasteiger partial charge in [0.1, 0.15) is 6.10 Å². The van der Waals surface area contributed by atoms with Gasteiger partial charge in [-0.1, -0.05) is 29.0 Å². The van der Waals surface area contributed by atoms with E-state index in [0.29, 0.717) is 22.8 Å². The highest BCUT2D eigenvalue weighted by Crippen LogP contribution is 2.35. The number of hydrogen-bond acceptors (Lipinski definition) is 7. The number of carbonyl (C=O) groups is 2. The molecule has 1 amide bonds. The number of ether oxygens (including phenoxy) is 1. The number of sulfone groups is 1. The molecule has 0 atom stereocenters. The number of esters is 1. The molecule has 1 N–H and O–H groups in total. The van der Waals surface area contributed by atoms with Crippen LogP contribution in [0, 0.1) is 6.92 Å². The van der Waals surface area contributed by atoms with Crippen molar-refractivity contribution in [3.8, 4) is 10.4 Å². The lowest BCUT2D eigenvalue weighted by molar-refractivity contribution is -0.148. The van der Waals surface area contributed by atoms with Crippen molar-refractivity contribution < 1.29 is 22.7 Å². The Bertz CT molecular complexity index is 1080. The van der Waals surface area contributed by atoms with Gasteiger partial charge in [-0.25, -0.2) is 13.4 Å². The Hall–Kier alpha value is -1.97. The Kier molecular flexibility index (Phi) is 7.72. The van der Waals surface area contributed by atoms with E-state index in [1.165, 1.54) is 23.5 Å². The number of amides is 1. The molecule has 0 spiro atoms. The molecule has 1 aromatic heterocycles. The zero-order valence-corrected chi connectivity index (χ0v) is 19.8. The zero-order chi connectivity index (χ0) is 22.6. The SMILES string of the molecule is Cc1nc(NC(=O)CCCC(=O)OC2CCCC2)sc1-c1ccc(Cl)c(S(C)(=O)=O)c1. The summed E-state index contributed by atoms with van der Waals surface area (Å²) in [4.78, 5) is 29.2. The highest BCUT2D eigenvalue weighted by atomic mass is 35.5. The van der Waals surface area contributed by atoms with Crippen molar-refractivity contribution in [2.45, 2.75) is 62.9 Å². The highest BCUT2D eigenvalue weighted by Gasteiger charge is 2.20. The standard InChI is InChI=1S/C21H25ClN2O5S2/c1-13-20(14-10-11-16(22)17(12-14)31(2,27)28)30-21(23-13)24-18(25)8-5-9-19(26)29-15-6-3-4-7-15/h10-12,15H,3-9H2,1-2H3,(H,23,24,25). The van der Waals surface area contributed by atoms with Crippen LogP contribution in [0.2, 0.25) is 5.02 Å². The molecule has 0 aliphatic heterocycles. The monoisotopic (exact) mass is 484 g/mol. The van der Waals surface area contributed by atoms with Crippen LogP contribution in [0.25, 0.3) is 10.4 Å². The Labute approximate surface area is 191 Å². The van der Waals surface area contributed by atoms with Gasteiger partial charge >= 0.3 is 5.97 Å². The lowest BCUT2D eigenvalue weighted by Crippen LogP contribution is -2.16. The molecule has 10 heteroatoms. The number of thiazole rings is 1. The van der Waals surface area contributed by atoms with Crippen molar-refractivity contribution >= 4 is 49.8 Å². The number of hydrogen-bond donors (Lipinski definition) is 1. The first-order valence-electron chi connectivity index (χ1n) is 10.1. The molecule has 1 aromatic carbocycles. The average molecular weight is 485 g/mol. The number of carbonyl (C=O) groups excluding carboxylic acids is 2. The quantitative estimate of drug-likeness (QED) is 0.541. The Morgan fingerprint density at radius 2 is 1.97 bits per heavy atom. The lowest BCUT2D eigenvalue weighted by Gasteiger charge is -2.10. The zero-order valence-electron chi connectivity index (χ0n) is 17.4. The molecule has 0 radical (unpaired) electrons. The van der Waals surface area contributed by atoms with Crippen LogP contribution in [0.1, 0.15) is 50.6 Å². The fourth-order valence-electron chi connectivity index (χ4n) is 3.47. The minimum atomic E-state index is -3.47. The summed E-state index contributed by atoms with van der Waals surface area (Å²) in [6.07, 6.45) is 6.00. The Morgan fingerprint density at radius 1 is 1.26 bits per heavy atom. The molecule has 0 unspecified atom stereocenters. The van der Waals surface area contributed by atoms with Crippen LogP contribution in [0.4, 0.5) is 5.13 Å². The van der Waals surface area contributed by atoms with Crippen molar-refractivity contribution in [3.05, 3.63) is 28.9 Å². The van der Waals surface area contributed by atoms with Gasteiger partial charge in [-0.05, 0) is 56.7 Å². The van der Waals surface area contributed by atoms with E-state index in [-0.39, 0.29) is 40.7 Å². The molecule has 1 aliphatic rings. The summed E-state index contributed by atoms with van der Waals surface area (Å²) in [6, 6.07) is 4.77. The van der Waals surface area contributed by atoms with Crippen LogP contribution in [0.3, 0.4) is 0 Å². The summed E-state index contributed by atoms with van der Waals surface area (Å²) in [7, 11) is -3.47. The van der Waals surface area contributed by atoms with Gasteiger partial charge in [-0.15, -0.1) is 0 Å². The molecule has 1 saturated carbocycles. The van der Waals surface area contributed by atoms with Gasteiger partial charge in [0.15, 0.2) is 15.0 Å². The number of rotatable bonds is 8. The number of anilines is 1. The first kappa shape index (κ1) is 23.7. The van der Waals surface area contributed by atoms with E-state index < -0.39 is 9.84 Å². The topological polar surface area (TPSA) is 102 Å². The van der Waals surface area contributed by atoms with Gasteiger partial charge in [0.25, 0.3) is 0 Å². The number of halogens is 1. The van der Waals surface area contributed by atoms with Crippen LogP contribution in [0.5, 0.6) is 0 Å². The van der Waals surface area contributed by atoms with E-state index in [0.717, 1.165) is 36.8 Å². The number of nitrogens with one attached hydrogen (secondary N) is 1. The van der Waals surface area contributed by atoms with Gasteiger partial charge in [0, 0.05) is 19.1 Å². The van der Waals surface area contributed by atoms with Gasteiger partial charge in [-0.2, -0.15) is 0 Å².